The van der Waals surface area contributed by atoms with Gasteiger partial charge < -0.3 is 14.4 Å². The highest BCUT2D eigenvalue weighted by Gasteiger charge is 2.44. The van der Waals surface area contributed by atoms with Crippen LogP contribution in [0.4, 0.5) is 4.39 Å². The van der Waals surface area contributed by atoms with Gasteiger partial charge in [0.05, 0.1) is 17.9 Å². The number of aliphatic hydroxyl groups is 1. The Bertz CT molecular complexity index is 1060. The number of amides is 1. The van der Waals surface area contributed by atoms with Gasteiger partial charge >= 0.3 is 0 Å². The molecule has 4 rings (SSSR count). The van der Waals surface area contributed by atoms with Crippen LogP contribution in [0.2, 0.25) is 0 Å². The number of hydrogen-bond acceptors (Lipinski definition) is 4. The number of carbonyl (C=O) groups excluding carboxylic acids is 2. The summed E-state index contributed by atoms with van der Waals surface area (Å²) in [6.45, 7) is 0.153. The molecule has 2 heterocycles. The average Bonchev–Trinajstić information content (AvgIpc) is 3.32. The SMILES string of the molecule is O=C(C1=C(O)C(=O)N(Cc2ccccc2)C1c1cccc(F)c1)c1ccco1. The molecule has 0 spiro atoms. The number of halogens is 1. The molecule has 5 nitrogen and oxygen atoms in total. The van der Waals surface area contributed by atoms with Crippen LogP contribution in [-0.2, 0) is 11.3 Å². The second kappa shape index (κ2) is 7.15. The summed E-state index contributed by atoms with van der Waals surface area (Å²) in [6.07, 6.45) is 1.33. The minimum Gasteiger partial charge on any atom is -0.503 e. The van der Waals surface area contributed by atoms with Crippen molar-refractivity contribution in [3.63, 3.8) is 0 Å². The molecule has 0 radical (unpaired) electrons. The maximum absolute atomic E-state index is 13.9. The third-order valence-electron chi connectivity index (χ3n) is 4.65. The van der Waals surface area contributed by atoms with Gasteiger partial charge in [0.25, 0.3) is 5.91 Å². The fourth-order valence-electron chi connectivity index (χ4n) is 3.39. The summed E-state index contributed by atoms with van der Waals surface area (Å²) in [5.41, 5.74) is 1.08. The smallest absolute Gasteiger partial charge is 0.290 e. The van der Waals surface area contributed by atoms with Crippen LogP contribution in [0.1, 0.15) is 27.7 Å². The predicted molar refractivity (Wildman–Crippen MR) is 98.8 cm³/mol. The summed E-state index contributed by atoms with van der Waals surface area (Å²) in [6, 6.07) is 16.9. The lowest BCUT2D eigenvalue weighted by Crippen LogP contribution is -2.30. The molecule has 1 atom stereocenters. The third kappa shape index (κ3) is 3.09. The zero-order valence-corrected chi connectivity index (χ0v) is 14.7. The number of ketones is 1. The number of Topliss-reactive ketones (excluding diaryl/α,β-unsaturated/α-hetero) is 1. The second-order valence-corrected chi connectivity index (χ2v) is 6.44. The lowest BCUT2D eigenvalue weighted by molar-refractivity contribution is -0.130. The number of aliphatic hydroxyl groups excluding tert-OH is 1. The largest absolute Gasteiger partial charge is 0.503 e. The van der Waals surface area contributed by atoms with E-state index in [0.717, 1.165) is 5.56 Å². The van der Waals surface area contributed by atoms with Gasteiger partial charge in [0.1, 0.15) is 5.82 Å². The van der Waals surface area contributed by atoms with E-state index in [1.807, 2.05) is 30.3 Å². The normalized spacial score (nSPS) is 16.7. The molecule has 0 saturated carbocycles. The van der Waals surface area contributed by atoms with Crippen LogP contribution in [-0.4, -0.2) is 21.7 Å². The Labute approximate surface area is 160 Å². The molecule has 0 saturated heterocycles. The van der Waals surface area contributed by atoms with Crippen LogP contribution in [0.25, 0.3) is 0 Å². The number of furan rings is 1. The van der Waals surface area contributed by atoms with Crippen molar-refractivity contribution in [1.82, 2.24) is 4.90 Å². The van der Waals surface area contributed by atoms with Crippen molar-refractivity contribution in [2.24, 2.45) is 0 Å². The van der Waals surface area contributed by atoms with Gasteiger partial charge in [-0.15, -0.1) is 0 Å². The molecular weight excluding hydrogens is 361 g/mol. The standard InChI is InChI=1S/C22H16FNO4/c23-16-9-4-8-15(12-16)19-18(20(25)17-10-5-11-28-17)21(26)22(27)24(19)13-14-6-2-1-3-7-14/h1-12,19,26H,13H2. The minimum absolute atomic E-state index is 0.00249. The monoisotopic (exact) mass is 377 g/mol. The van der Waals surface area contributed by atoms with Gasteiger partial charge in [-0.2, -0.15) is 0 Å². The molecule has 6 heteroatoms. The number of benzene rings is 2. The van der Waals surface area contributed by atoms with Crippen molar-refractivity contribution in [3.8, 4) is 0 Å². The Morgan fingerprint density at radius 2 is 1.86 bits per heavy atom. The zero-order chi connectivity index (χ0) is 19.7. The van der Waals surface area contributed by atoms with Gasteiger partial charge in [0.15, 0.2) is 11.5 Å². The first kappa shape index (κ1) is 17.7. The van der Waals surface area contributed by atoms with E-state index in [1.54, 1.807) is 12.1 Å². The minimum atomic E-state index is -0.930. The molecule has 140 valence electrons. The topological polar surface area (TPSA) is 70.8 Å². The Balaban J connectivity index is 1.81. The molecule has 1 amide bonds. The highest BCUT2D eigenvalue weighted by Crippen LogP contribution is 2.40. The quantitative estimate of drug-likeness (QED) is 0.677. The third-order valence-corrected chi connectivity index (χ3v) is 4.65. The van der Waals surface area contributed by atoms with Crippen LogP contribution in [0.15, 0.2) is 88.7 Å². The molecule has 1 aliphatic rings. The maximum Gasteiger partial charge on any atom is 0.290 e. The first-order valence-electron chi connectivity index (χ1n) is 8.68. The van der Waals surface area contributed by atoms with Crippen LogP contribution in [0, 0.1) is 5.82 Å². The van der Waals surface area contributed by atoms with Crippen molar-refractivity contribution >= 4 is 11.7 Å². The number of hydrogen-bond donors (Lipinski definition) is 1. The molecule has 1 unspecified atom stereocenters. The molecular formula is C22H16FNO4. The van der Waals surface area contributed by atoms with Crippen LogP contribution < -0.4 is 0 Å². The fraction of sp³-hybridized carbons (Fsp3) is 0.0909. The van der Waals surface area contributed by atoms with Crippen LogP contribution in [0.3, 0.4) is 0 Å². The average molecular weight is 377 g/mol. The Morgan fingerprint density at radius 1 is 1.07 bits per heavy atom. The van der Waals surface area contributed by atoms with E-state index in [0.29, 0.717) is 5.56 Å². The lowest BCUT2D eigenvalue weighted by atomic mass is 9.95. The summed E-state index contributed by atoms with van der Waals surface area (Å²) in [5.74, 6) is -2.45. The molecule has 1 aromatic heterocycles. The molecule has 2 aromatic carbocycles. The van der Waals surface area contributed by atoms with Crippen molar-refractivity contribution in [1.29, 1.82) is 0 Å². The second-order valence-electron chi connectivity index (χ2n) is 6.44. The summed E-state index contributed by atoms with van der Waals surface area (Å²) >= 11 is 0. The number of nitrogens with zero attached hydrogens (tertiary/aromatic N) is 1. The predicted octanol–water partition coefficient (Wildman–Crippen LogP) is 4.20. The van der Waals surface area contributed by atoms with Crippen molar-refractivity contribution in [3.05, 3.63) is 107 Å². The summed E-state index contributed by atoms with van der Waals surface area (Å²) < 4.78 is 19.0. The maximum atomic E-state index is 13.9. The Hall–Kier alpha value is -3.67. The van der Waals surface area contributed by atoms with Crippen molar-refractivity contribution < 1.29 is 23.5 Å². The summed E-state index contributed by atoms with van der Waals surface area (Å²) in [4.78, 5) is 27.1. The molecule has 28 heavy (non-hydrogen) atoms. The van der Waals surface area contributed by atoms with E-state index in [9.17, 15) is 19.1 Å². The Kier molecular flexibility index (Phi) is 4.53. The van der Waals surface area contributed by atoms with Gasteiger partial charge in [-0.3, -0.25) is 9.59 Å². The van der Waals surface area contributed by atoms with E-state index in [-0.39, 0.29) is 17.9 Å². The molecule has 1 N–H and O–H groups in total. The van der Waals surface area contributed by atoms with Crippen LogP contribution in [0.5, 0.6) is 0 Å². The summed E-state index contributed by atoms with van der Waals surface area (Å²) in [5, 5.41) is 10.5. The van der Waals surface area contributed by atoms with Gasteiger partial charge in [-0.25, -0.2) is 4.39 Å². The van der Waals surface area contributed by atoms with E-state index in [1.165, 1.54) is 35.4 Å². The lowest BCUT2D eigenvalue weighted by Gasteiger charge is -2.26. The zero-order valence-electron chi connectivity index (χ0n) is 14.7. The van der Waals surface area contributed by atoms with E-state index < -0.39 is 29.3 Å². The van der Waals surface area contributed by atoms with Gasteiger partial charge in [0.2, 0.25) is 5.78 Å². The first-order chi connectivity index (χ1) is 13.6. The van der Waals surface area contributed by atoms with Crippen molar-refractivity contribution in [2.45, 2.75) is 12.6 Å². The molecule has 1 aliphatic heterocycles. The molecule has 0 fully saturated rings. The molecule has 0 aliphatic carbocycles. The van der Waals surface area contributed by atoms with Gasteiger partial charge in [0, 0.05) is 6.54 Å². The van der Waals surface area contributed by atoms with E-state index in [2.05, 4.69) is 0 Å². The van der Waals surface area contributed by atoms with E-state index >= 15 is 0 Å². The Morgan fingerprint density at radius 3 is 2.54 bits per heavy atom. The summed E-state index contributed by atoms with van der Waals surface area (Å²) in [7, 11) is 0. The number of rotatable bonds is 5. The molecule has 3 aromatic rings. The highest BCUT2D eigenvalue weighted by atomic mass is 19.1. The van der Waals surface area contributed by atoms with Crippen LogP contribution >= 0.6 is 0 Å². The van der Waals surface area contributed by atoms with Crippen molar-refractivity contribution in [2.75, 3.05) is 0 Å². The molecule has 0 bridgehead atoms. The highest BCUT2D eigenvalue weighted by molar-refractivity contribution is 6.14. The fourth-order valence-corrected chi connectivity index (χ4v) is 3.39. The van der Waals surface area contributed by atoms with Gasteiger partial charge in [-0.1, -0.05) is 42.5 Å². The van der Waals surface area contributed by atoms with Gasteiger partial charge in [-0.05, 0) is 35.4 Å². The number of carbonyl (C=O) groups is 2. The first-order valence-corrected chi connectivity index (χ1v) is 8.68. The van der Waals surface area contributed by atoms with E-state index in [4.69, 9.17) is 4.42 Å².